The number of carbonyl (C=O) groups excluding carboxylic acids is 2. The van der Waals surface area contributed by atoms with E-state index in [1.54, 1.807) is 24.1 Å². The number of hydrogen-bond donors (Lipinski definition) is 0. The van der Waals surface area contributed by atoms with Crippen LogP contribution in [0.3, 0.4) is 0 Å². The van der Waals surface area contributed by atoms with E-state index in [0.717, 1.165) is 12.1 Å². The third-order valence-corrected chi connectivity index (χ3v) is 3.25. The quantitative estimate of drug-likeness (QED) is 0.804. The molecule has 0 aromatic heterocycles. The number of rotatable bonds is 4. The molecule has 1 aromatic rings. The molecular formula is C14H17FN2O2. The van der Waals surface area contributed by atoms with Gasteiger partial charge in [0.05, 0.1) is 13.1 Å². The standard InChI is InChI=1S/C14H17FN2O2/c1-16-6-7-17(10-14(16)19)9-13(18)8-11-2-4-12(15)5-3-11/h2-5H,6-10H2,1H3. The van der Waals surface area contributed by atoms with Gasteiger partial charge in [-0.25, -0.2) is 4.39 Å². The maximum Gasteiger partial charge on any atom is 0.236 e. The summed E-state index contributed by atoms with van der Waals surface area (Å²) in [4.78, 5) is 26.9. The Balaban J connectivity index is 1.84. The molecule has 1 amide bonds. The van der Waals surface area contributed by atoms with E-state index in [-0.39, 0.29) is 30.5 Å². The van der Waals surface area contributed by atoms with E-state index < -0.39 is 0 Å². The van der Waals surface area contributed by atoms with Crippen molar-refractivity contribution in [3.63, 3.8) is 0 Å². The van der Waals surface area contributed by atoms with Crippen molar-refractivity contribution in [3.8, 4) is 0 Å². The highest BCUT2D eigenvalue weighted by Gasteiger charge is 2.22. The molecule has 0 atom stereocenters. The molecule has 0 saturated carbocycles. The van der Waals surface area contributed by atoms with Crippen molar-refractivity contribution in [2.24, 2.45) is 0 Å². The van der Waals surface area contributed by atoms with E-state index in [4.69, 9.17) is 0 Å². The molecule has 2 rings (SSSR count). The van der Waals surface area contributed by atoms with Crippen molar-refractivity contribution in [3.05, 3.63) is 35.6 Å². The third-order valence-electron chi connectivity index (χ3n) is 3.25. The molecule has 102 valence electrons. The van der Waals surface area contributed by atoms with Crippen molar-refractivity contribution in [1.29, 1.82) is 0 Å². The van der Waals surface area contributed by atoms with Gasteiger partial charge in [-0.05, 0) is 17.7 Å². The minimum absolute atomic E-state index is 0.0424. The number of piperazine rings is 1. The molecule has 1 heterocycles. The predicted molar refractivity (Wildman–Crippen MR) is 69.2 cm³/mol. The number of likely N-dealkylation sites (N-methyl/N-ethyl adjacent to an activating group) is 1. The Hall–Kier alpha value is -1.75. The number of hydrogen-bond acceptors (Lipinski definition) is 3. The minimum Gasteiger partial charge on any atom is -0.343 e. The average molecular weight is 264 g/mol. The summed E-state index contributed by atoms with van der Waals surface area (Å²) in [6.07, 6.45) is 0.279. The monoisotopic (exact) mass is 264 g/mol. The van der Waals surface area contributed by atoms with E-state index >= 15 is 0 Å². The van der Waals surface area contributed by atoms with Crippen molar-refractivity contribution in [2.45, 2.75) is 6.42 Å². The molecule has 1 saturated heterocycles. The van der Waals surface area contributed by atoms with Crippen LogP contribution in [-0.4, -0.2) is 54.7 Å². The first-order chi connectivity index (χ1) is 9.04. The van der Waals surface area contributed by atoms with Gasteiger partial charge in [0.1, 0.15) is 5.82 Å². The van der Waals surface area contributed by atoms with Crippen LogP contribution in [0.15, 0.2) is 24.3 Å². The van der Waals surface area contributed by atoms with Gasteiger partial charge in [0, 0.05) is 26.6 Å². The Morgan fingerprint density at radius 1 is 1.26 bits per heavy atom. The summed E-state index contributed by atoms with van der Waals surface area (Å²) in [6.45, 7) is 1.95. The van der Waals surface area contributed by atoms with Gasteiger partial charge in [0.15, 0.2) is 5.78 Å². The van der Waals surface area contributed by atoms with Crippen LogP contribution in [0.4, 0.5) is 4.39 Å². The van der Waals surface area contributed by atoms with Gasteiger partial charge < -0.3 is 4.90 Å². The highest BCUT2D eigenvalue weighted by Crippen LogP contribution is 2.06. The largest absolute Gasteiger partial charge is 0.343 e. The van der Waals surface area contributed by atoms with Crippen LogP contribution in [0.2, 0.25) is 0 Å². The topological polar surface area (TPSA) is 40.6 Å². The van der Waals surface area contributed by atoms with Crippen LogP contribution < -0.4 is 0 Å². The fraction of sp³-hybridized carbons (Fsp3) is 0.429. The lowest BCUT2D eigenvalue weighted by molar-refractivity contribution is -0.135. The van der Waals surface area contributed by atoms with E-state index in [9.17, 15) is 14.0 Å². The first-order valence-electron chi connectivity index (χ1n) is 6.27. The molecule has 1 aliphatic heterocycles. The summed E-state index contributed by atoms with van der Waals surface area (Å²) in [6, 6.07) is 5.93. The highest BCUT2D eigenvalue weighted by atomic mass is 19.1. The normalized spacial score (nSPS) is 16.7. The molecule has 4 nitrogen and oxygen atoms in total. The first-order valence-corrected chi connectivity index (χ1v) is 6.27. The Bertz CT molecular complexity index is 473. The Kier molecular flexibility index (Phi) is 4.27. The Morgan fingerprint density at radius 3 is 2.58 bits per heavy atom. The Morgan fingerprint density at radius 2 is 1.95 bits per heavy atom. The van der Waals surface area contributed by atoms with Crippen LogP contribution in [0.5, 0.6) is 0 Å². The maximum absolute atomic E-state index is 12.7. The average Bonchev–Trinajstić information content (AvgIpc) is 2.37. The molecule has 0 radical (unpaired) electrons. The first kappa shape index (κ1) is 13.7. The number of ketones is 1. The van der Waals surface area contributed by atoms with Crippen molar-refractivity contribution >= 4 is 11.7 Å². The molecule has 5 heteroatoms. The van der Waals surface area contributed by atoms with Crippen molar-refractivity contribution in [1.82, 2.24) is 9.80 Å². The fourth-order valence-electron chi connectivity index (χ4n) is 2.08. The smallest absolute Gasteiger partial charge is 0.236 e. The summed E-state index contributed by atoms with van der Waals surface area (Å²) >= 11 is 0. The van der Waals surface area contributed by atoms with Gasteiger partial charge in [-0.15, -0.1) is 0 Å². The van der Waals surface area contributed by atoms with Gasteiger partial charge >= 0.3 is 0 Å². The summed E-state index contributed by atoms with van der Waals surface area (Å²) < 4.78 is 12.7. The number of halogens is 1. The predicted octanol–water partition coefficient (Wildman–Crippen LogP) is 0.711. The molecule has 1 aromatic carbocycles. The van der Waals surface area contributed by atoms with Gasteiger partial charge in [-0.1, -0.05) is 12.1 Å². The molecule has 0 unspecified atom stereocenters. The summed E-state index contributed by atoms with van der Waals surface area (Å²) in [5.41, 5.74) is 0.798. The van der Waals surface area contributed by atoms with Gasteiger partial charge in [0.2, 0.25) is 5.91 Å². The second-order valence-corrected chi connectivity index (χ2v) is 4.87. The molecule has 0 spiro atoms. The molecule has 0 aliphatic carbocycles. The van der Waals surface area contributed by atoms with Crippen molar-refractivity contribution < 1.29 is 14.0 Å². The lowest BCUT2D eigenvalue weighted by atomic mass is 10.1. The zero-order chi connectivity index (χ0) is 13.8. The number of Topliss-reactive ketones (excluding diaryl/α,β-unsaturated/α-hetero) is 1. The number of amides is 1. The second kappa shape index (κ2) is 5.93. The van der Waals surface area contributed by atoms with Gasteiger partial charge in [-0.3, -0.25) is 14.5 Å². The zero-order valence-electron chi connectivity index (χ0n) is 10.9. The summed E-state index contributed by atoms with van der Waals surface area (Å²) in [5.74, 6) is -0.217. The molecular weight excluding hydrogens is 247 g/mol. The Labute approximate surface area is 111 Å². The third kappa shape index (κ3) is 3.86. The van der Waals surface area contributed by atoms with E-state index in [2.05, 4.69) is 0 Å². The number of carbonyl (C=O) groups is 2. The van der Waals surface area contributed by atoms with Crippen LogP contribution in [0.25, 0.3) is 0 Å². The fourth-order valence-corrected chi connectivity index (χ4v) is 2.08. The minimum atomic E-state index is -0.305. The molecule has 0 bridgehead atoms. The molecule has 1 aliphatic rings. The van der Waals surface area contributed by atoms with Crippen LogP contribution in [0.1, 0.15) is 5.56 Å². The summed E-state index contributed by atoms with van der Waals surface area (Å²) in [7, 11) is 1.76. The van der Waals surface area contributed by atoms with Crippen molar-refractivity contribution in [2.75, 3.05) is 33.2 Å². The van der Waals surface area contributed by atoms with Crippen LogP contribution >= 0.6 is 0 Å². The number of nitrogens with zero attached hydrogens (tertiary/aromatic N) is 2. The second-order valence-electron chi connectivity index (χ2n) is 4.87. The van der Waals surface area contributed by atoms with Crippen LogP contribution in [0, 0.1) is 5.82 Å². The summed E-state index contributed by atoms with van der Waals surface area (Å²) in [5, 5.41) is 0. The van der Waals surface area contributed by atoms with E-state index in [1.807, 2.05) is 4.90 Å². The molecule has 19 heavy (non-hydrogen) atoms. The zero-order valence-corrected chi connectivity index (χ0v) is 10.9. The van der Waals surface area contributed by atoms with Crippen LogP contribution in [-0.2, 0) is 16.0 Å². The maximum atomic E-state index is 12.7. The van der Waals surface area contributed by atoms with E-state index in [0.29, 0.717) is 13.1 Å². The lowest BCUT2D eigenvalue weighted by Gasteiger charge is -2.31. The number of benzene rings is 1. The lowest BCUT2D eigenvalue weighted by Crippen LogP contribution is -2.49. The molecule has 0 N–H and O–H groups in total. The SMILES string of the molecule is CN1CCN(CC(=O)Cc2ccc(F)cc2)CC1=O. The van der Waals surface area contributed by atoms with Gasteiger partial charge in [0.25, 0.3) is 0 Å². The van der Waals surface area contributed by atoms with Gasteiger partial charge in [-0.2, -0.15) is 0 Å². The molecule has 1 fully saturated rings. The highest BCUT2D eigenvalue weighted by molar-refractivity contribution is 5.84. The van der Waals surface area contributed by atoms with E-state index in [1.165, 1.54) is 12.1 Å².